The molecule has 3 heterocycles. The quantitative estimate of drug-likeness (QED) is 0.402. The molecule has 3 aromatic rings. The van der Waals surface area contributed by atoms with Crippen LogP contribution in [0, 0.1) is 13.8 Å². The molecule has 1 saturated heterocycles. The molecule has 11 heteroatoms. The number of aromatic nitrogens is 2. The summed E-state index contributed by atoms with van der Waals surface area (Å²) in [7, 11) is -3.50. The fourth-order valence-electron chi connectivity index (χ4n) is 3.60. The van der Waals surface area contributed by atoms with Gasteiger partial charge in [0.05, 0.1) is 16.0 Å². The minimum Gasteiger partial charge on any atom is -0.325 e. The van der Waals surface area contributed by atoms with E-state index in [4.69, 9.17) is 0 Å². The van der Waals surface area contributed by atoms with Gasteiger partial charge in [0, 0.05) is 23.7 Å². The summed E-state index contributed by atoms with van der Waals surface area (Å²) in [5.74, 6) is -0.214. The van der Waals surface area contributed by atoms with Crippen LogP contribution in [-0.2, 0) is 14.8 Å². The van der Waals surface area contributed by atoms with E-state index in [1.165, 1.54) is 27.8 Å². The molecule has 2 N–H and O–H groups in total. The topological polar surface area (TPSA) is 112 Å². The number of piperidine rings is 1. The Labute approximate surface area is 194 Å². The predicted octanol–water partition coefficient (Wildman–Crippen LogP) is 3.51. The number of carbonyl (C=O) groups is 1. The van der Waals surface area contributed by atoms with E-state index in [0.717, 1.165) is 41.5 Å². The summed E-state index contributed by atoms with van der Waals surface area (Å²) in [4.78, 5) is 33.8. The third-order valence-electron chi connectivity index (χ3n) is 5.45. The molecule has 0 spiro atoms. The van der Waals surface area contributed by atoms with Gasteiger partial charge in [-0.3, -0.25) is 9.59 Å². The number of nitrogens with zero attached hydrogens (tertiary/aromatic N) is 2. The number of benzene rings is 1. The molecule has 1 aromatic carbocycles. The van der Waals surface area contributed by atoms with Gasteiger partial charge in [0.25, 0.3) is 5.56 Å². The van der Waals surface area contributed by atoms with Crippen molar-refractivity contribution in [3.05, 3.63) is 45.1 Å². The van der Waals surface area contributed by atoms with Gasteiger partial charge in [0.1, 0.15) is 4.83 Å². The maximum Gasteiger partial charge on any atom is 0.260 e. The normalized spacial score (nSPS) is 15.2. The number of thiophene rings is 1. The van der Waals surface area contributed by atoms with Gasteiger partial charge < -0.3 is 10.3 Å². The third-order valence-corrected chi connectivity index (χ3v) is 9.34. The van der Waals surface area contributed by atoms with Gasteiger partial charge in [-0.25, -0.2) is 13.4 Å². The van der Waals surface area contributed by atoms with E-state index >= 15 is 0 Å². The van der Waals surface area contributed by atoms with Crippen LogP contribution in [0.2, 0.25) is 0 Å². The molecule has 0 bridgehead atoms. The van der Waals surface area contributed by atoms with E-state index in [1.54, 1.807) is 12.1 Å². The van der Waals surface area contributed by atoms with Gasteiger partial charge in [-0.1, -0.05) is 18.2 Å². The number of fused-ring (bicyclic) bond motifs is 1. The van der Waals surface area contributed by atoms with E-state index in [9.17, 15) is 18.0 Å². The number of sulfonamides is 1. The first-order valence-corrected chi connectivity index (χ1v) is 13.5. The van der Waals surface area contributed by atoms with Crippen LogP contribution in [0.3, 0.4) is 0 Å². The lowest BCUT2D eigenvalue weighted by atomic mass is 10.2. The molecule has 4 rings (SSSR count). The average molecular weight is 493 g/mol. The number of amides is 1. The number of aromatic amines is 1. The van der Waals surface area contributed by atoms with Crippen LogP contribution in [0.1, 0.15) is 29.7 Å². The molecule has 0 unspecified atom stereocenters. The summed E-state index contributed by atoms with van der Waals surface area (Å²) in [6, 6.07) is 6.20. The lowest BCUT2D eigenvalue weighted by molar-refractivity contribution is -0.113. The van der Waals surface area contributed by atoms with Crippen molar-refractivity contribution in [2.24, 2.45) is 0 Å². The van der Waals surface area contributed by atoms with Crippen LogP contribution in [0.4, 0.5) is 5.69 Å². The first-order valence-electron chi connectivity index (χ1n) is 10.3. The van der Waals surface area contributed by atoms with Gasteiger partial charge >= 0.3 is 0 Å². The predicted molar refractivity (Wildman–Crippen MR) is 128 cm³/mol. The SMILES string of the molecule is Cc1sc2nc(SCC(=O)Nc3ccc(S(=O)(=O)N4CCCCC4)cc3)[nH]c(=O)c2c1C. The lowest BCUT2D eigenvalue weighted by Gasteiger charge is -2.25. The summed E-state index contributed by atoms with van der Waals surface area (Å²) in [6.45, 7) is 4.94. The Morgan fingerprint density at radius 3 is 2.56 bits per heavy atom. The Morgan fingerprint density at radius 1 is 1.19 bits per heavy atom. The molecule has 1 aliphatic heterocycles. The highest BCUT2D eigenvalue weighted by Gasteiger charge is 2.25. The van der Waals surface area contributed by atoms with Crippen LogP contribution in [-0.4, -0.2) is 47.4 Å². The van der Waals surface area contributed by atoms with Gasteiger partial charge in [-0.15, -0.1) is 11.3 Å². The Balaban J connectivity index is 1.38. The highest BCUT2D eigenvalue weighted by molar-refractivity contribution is 7.99. The largest absolute Gasteiger partial charge is 0.325 e. The number of H-pyrrole nitrogens is 1. The maximum atomic E-state index is 12.7. The van der Waals surface area contributed by atoms with Gasteiger partial charge in [0.15, 0.2) is 5.16 Å². The molecule has 0 radical (unpaired) electrons. The molecule has 1 fully saturated rings. The zero-order chi connectivity index (χ0) is 22.9. The van der Waals surface area contributed by atoms with Crippen LogP contribution in [0.25, 0.3) is 10.2 Å². The molecule has 1 amide bonds. The van der Waals surface area contributed by atoms with Crippen LogP contribution < -0.4 is 10.9 Å². The van der Waals surface area contributed by atoms with Gasteiger partial charge in [-0.2, -0.15) is 4.31 Å². The lowest BCUT2D eigenvalue weighted by Crippen LogP contribution is -2.35. The van der Waals surface area contributed by atoms with Crippen molar-refractivity contribution in [2.75, 3.05) is 24.2 Å². The van der Waals surface area contributed by atoms with E-state index in [1.807, 2.05) is 13.8 Å². The van der Waals surface area contributed by atoms with Crippen molar-refractivity contribution < 1.29 is 13.2 Å². The summed E-state index contributed by atoms with van der Waals surface area (Å²) >= 11 is 2.60. The number of aryl methyl sites for hydroxylation is 2. The van der Waals surface area contributed by atoms with Crippen molar-refractivity contribution in [1.82, 2.24) is 14.3 Å². The van der Waals surface area contributed by atoms with E-state index in [0.29, 0.717) is 34.1 Å². The summed E-state index contributed by atoms with van der Waals surface area (Å²) in [5, 5.41) is 3.74. The molecule has 8 nitrogen and oxygen atoms in total. The molecule has 1 aliphatic rings. The Hall–Kier alpha value is -2.21. The molecule has 0 aliphatic carbocycles. The Bertz CT molecular complexity index is 1310. The van der Waals surface area contributed by atoms with Crippen molar-refractivity contribution in [2.45, 2.75) is 43.2 Å². The second-order valence-electron chi connectivity index (χ2n) is 7.66. The van der Waals surface area contributed by atoms with E-state index in [2.05, 4.69) is 15.3 Å². The number of anilines is 1. The average Bonchev–Trinajstić information content (AvgIpc) is 3.07. The minimum absolute atomic E-state index is 0.0611. The van der Waals surface area contributed by atoms with Crippen LogP contribution >= 0.6 is 23.1 Å². The van der Waals surface area contributed by atoms with E-state index < -0.39 is 10.0 Å². The highest BCUT2D eigenvalue weighted by Crippen LogP contribution is 2.27. The first-order chi connectivity index (χ1) is 15.3. The van der Waals surface area contributed by atoms with Crippen molar-refractivity contribution in [1.29, 1.82) is 0 Å². The second-order valence-corrected chi connectivity index (χ2v) is 11.8. The Morgan fingerprint density at radius 2 is 1.88 bits per heavy atom. The second kappa shape index (κ2) is 9.34. The monoisotopic (exact) mass is 492 g/mol. The number of nitrogens with one attached hydrogen (secondary N) is 2. The summed E-state index contributed by atoms with van der Waals surface area (Å²) in [6.07, 6.45) is 2.81. The minimum atomic E-state index is -3.50. The fraction of sp³-hybridized carbons (Fsp3) is 0.381. The third kappa shape index (κ3) is 4.75. The highest BCUT2D eigenvalue weighted by atomic mass is 32.2. The van der Waals surface area contributed by atoms with Crippen molar-refractivity contribution in [3.8, 4) is 0 Å². The Kier molecular flexibility index (Phi) is 6.70. The number of thioether (sulfide) groups is 1. The zero-order valence-electron chi connectivity index (χ0n) is 17.8. The summed E-state index contributed by atoms with van der Waals surface area (Å²) in [5.41, 5.74) is 1.23. The zero-order valence-corrected chi connectivity index (χ0v) is 20.3. The summed E-state index contributed by atoms with van der Waals surface area (Å²) < 4.78 is 27.0. The maximum absolute atomic E-state index is 12.7. The molecule has 170 valence electrons. The van der Waals surface area contributed by atoms with Gasteiger partial charge in [0.2, 0.25) is 15.9 Å². The number of rotatable bonds is 6. The molecule has 0 saturated carbocycles. The molecule has 2 aromatic heterocycles. The standard InChI is InChI=1S/C21H24N4O4S3/c1-13-14(2)31-20-18(13)19(27)23-21(24-20)30-12-17(26)22-15-6-8-16(9-7-15)32(28,29)25-10-4-3-5-11-25/h6-9H,3-5,10-12H2,1-2H3,(H,22,26)(H,23,24,27). The molecule has 32 heavy (non-hydrogen) atoms. The van der Waals surface area contributed by atoms with Gasteiger partial charge in [-0.05, 0) is 56.5 Å². The number of hydrogen-bond acceptors (Lipinski definition) is 7. The van der Waals surface area contributed by atoms with Crippen molar-refractivity contribution >= 4 is 54.9 Å². The fourth-order valence-corrected chi connectivity index (χ4v) is 6.86. The molecule has 0 atom stereocenters. The number of carbonyl (C=O) groups excluding carboxylic acids is 1. The smallest absolute Gasteiger partial charge is 0.260 e. The van der Waals surface area contributed by atoms with Crippen molar-refractivity contribution in [3.63, 3.8) is 0 Å². The molecular formula is C21H24N4O4S3. The van der Waals surface area contributed by atoms with Crippen LogP contribution in [0.5, 0.6) is 0 Å². The first kappa shape index (κ1) is 23.0. The van der Waals surface area contributed by atoms with E-state index in [-0.39, 0.29) is 22.1 Å². The number of hydrogen-bond donors (Lipinski definition) is 2. The molecular weight excluding hydrogens is 468 g/mol. The van der Waals surface area contributed by atoms with Crippen LogP contribution in [0.15, 0.2) is 39.1 Å².